The smallest absolute Gasteiger partial charge is 0.257 e. The molecule has 2 aliphatic heterocycles. The van der Waals surface area contributed by atoms with Gasteiger partial charge in [0.05, 0.1) is 22.3 Å². The molecule has 2 aliphatic rings. The number of nitrogens with one attached hydrogen (secondary N) is 2. The molecule has 15 heteroatoms. The number of hydrogen-bond acceptors (Lipinski definition) is 8. The van der Waals surface area contributed by atoms with Gasteiger partial charge in [-0.2, -0.15) is 19.6 Å². The van der Waals surface area contributed by atoms with Gasteiger partial charge in [-0.25, -0.2) is 18.2 Å². The van der Waals surface area contributed by atoms with Gasteiger partial charge in [-0.05, 0) is 18.2 Å². The third kappa shape index (κ3) is 5.03. The lowest BCUT2D eigenvalue weighted by Crippen LogP contribution is -2.71. The highest BCUT2D eigenvalue weighted by Gasteiger charge is 2.39. The number of amidine groups is 1. The van der Waals surface area contributed by atoms with Crippen molar-refractivity contribution in [3.05, 3.63) is 93.6 Å². The van der Waals surface area contributed by atoms with Crippen LogP contribution < -0.4 is 11.1 Å². The summed E-state index contributed by atoms with van der Waals surface area (Å²) < 4.78 is 40.5. The fourth-order valence-corrected chi connectivity index (χ4v) is 4.23. The lowest BCUT2D eigenvalue weighted by atomic mass is 10.2. The highest BCUT2D eigenvalue weighted by molar-refractivity contribution is 6.34. The van der Waals surface area contributed by atoms with Crippen molar-refractivity contribution < 1.29 is 22.7 Å². The second-order valence-electron chi connectivity index (χ2n) is 8.72. The first-order valence-corrected chi connectivity index (χ1v) is 11.3. The summed E-state index contributed by atoms with van der Waals surface area (Å²) in [5.41, 5.74) is 5.56. The van der Waals surface area contributed by atoms with Crippen LogP contribution in [0.3, 0.4) is 0 Å². The lowest BCUT2D eigenvalue weighted by molar-refractivity contribution is -1.08. The number of benzene rings is 2. The van der Waals surface area contributed by atoms with E-state index in [-0.39, 0.29) is 23.2 Å². The Kier molecular flexibility index (Phi) is 6.19. The number of hydrazine groups is 2. The van der Waals surface area contributed by atoms with Gasteiger partial charge in [0.25, 0.3) is 5.84 Å². The molecule has 2 unspecified atom stereocenters. The number of halogens is 4. The van der Waals surface area contributed by atoms with E-state index in [0.717, 1.165) is 6.20 Å². The largest absolute Gasteiger partial charge is 0.602 e. The number of rotatable bonds is 5. The van der Waals surface area contributed by atoms with Crippen LogP contribution in [0.1, 0.15) is 5.56 Å². The molecule has 2 aromatic carbocycles. The summed E-state index contributed by atoms with van der Waals surface area (Å²) in [6.45, 7) is -1.13. The van der Waals surface area contributed by atoms with Gasteiger partial charge in [-0.3, -0.25) is 9.69 Å². The molecule has 194 valence electrons. The highest BCUT2D eigenvalue weighted by Crippen LogP contribution is 2.32. The third-order valence-electron chi connectivity index (χ3n) is 5.69. The van der Waals surface area contributed by atoms with Crippen molar-refractivity contribution in [3.8, 4) is 0 Å². The minimum atomic E-state index is -1.70. The van der Waals surface area contributed by atoms with Crippen molar-refractivity contribution in [2.75, 3.05) is 13.7 Å². The van der Waals surface area contributed by atoms with E-state index in [9.17, 15) is 23.6 Å². The number of aryl methyl sites for hydroxylation is 1. The van der Waals surface area contributed by atoms with Crippen LogP contribution in [-0.4, -0.2) is 48.9 Å². The Hall–Kier alpha value is -3.50. The normalized spacial score (nSPS) is 24.7. The SMILES string of the molecule is CN1C=CN(C[N+]2([O-])C=CC(=Nc3cc4cn(C)nc4cc3Cl)[N+]([O-])(Cc3cc(F)c(F)cc3F)N2)N1. The van der Waals surface area contributed by atoms with E-state index < -0.39 is 39.1 Å². The van der Waals surface area contributed by atoms with Crippen LogP contribution in [0.5, 0.6) is 0 Å². The molecule has 2 N–H and O–H groups in total. The quantitative estimate of drug-likeness (QED) is 0.292. The van der Waals surface area contributed by atoms with Crippen LogP contribution in [0.25, 0.3) is 10.9 Å². The summed E-state index contributed by atoms with van der Waals surface area (Å²) >= 11 is 6.38. The Balaban J connectivity index is 1.57. The minimum Gasteiger partial charge on any atom is -0.602 e. The van der Waals surface area contributed by atoms with Gasteiger partial charge in [-0.15, -0.1) is 5.53 Å². The van der Waals surface area contributed by atoms with E-state index in [1.807, 2.05) is 0 Å². The standard InChI is InChI=1S/C22H21ClF3N9O2/c1-31-4-5-33(29-31)13-34(36)6-3-22(27-21-8-14-11-32(2)28-20(14)9-16(21)23)35(37,30-34)12-15-7-18(25)19(26)10-17(15)24/h3-11,29-30H,12-13H2,1-2H3. The molecule has 1 aromatic heterocycles. The van der Waals surface area contributed by atoms with Gasteiger partial charge in [0.15, 0.2) is 18.3 Å². The topological polar surface area (TPSA) is 107 Å². The second-order valence-corrected chi connectivity index (χ2v) is 9.13. The van der Waals surface area contributed by atoms with Gasteiger partial charge in [0.2, 0.25) is 0 Å². The Bertz CT molecular complexity index is 1480. The summed E-state index contributed by atoms with van der Waals surface area (Å²) in [7, 11) is 3.44. The molecule has 3 aromatic rings. The monoisotopic (exact) mass is 535 g/mol. The number of quaternary nitrogens is 2. The van der Waals surface area contributed by atoms with Crippen molar-refractivity contribution in [2.24, 2.45) is 12.0 Å². The molecule has 0 aliphatic carbocycles. The van der Waals surface area contributed by atoms with E-state index >= 15 is 0 Å². The summed E-state index contributed by atoms with van der Waals surface area (Å²) in [6, 6.07) is 4.10. The van der Waals surface area contributed by atoms with Gasteiger partial charge in [-0.1, -0.05) is 11.6 Å². The van der Waals surface area contributed by atoms with Crippen LogP contribution in [-0.2, 0) is 13.6 Å². The summed E-state index contributed by atoms with van der Waals surface area (Å²) in [4.78, 5) is 4.37. The zero-order valence-electron chi connectivity index (χ0n) is 19.6. The van der Waals surface area contributed by atoms with Gasteiger partial charge >= 0.3 is 0 Å². The van der Waals surface area contributed by atoms with E-state index in [0.29, 0.717) is 23.0 Å². The van der Waals surface area contributed by atoms with Crippen molar-refractivity contribution in [1.29, 1.82) is 0 Å². The van der Waals surface area contributed by atoms with Crippen molar-refractivity contribution >= 4 is 34.0 Å². The molecule has 0 fully saturated rings. The van der Waals surface area contributed by atoms with Crippen LogP contribution >= 0.6 is 11.6 Å². The van der Waals surface area contributed by atoms with Gasteiger partial charge < -0.3 is 10.4 Å². The lowest BCUT2D eigenvalue weighted by Gasteiger charge is -2.50. The highest BCUT2D eigenvalue weighted by atomic mass is 35.5. The Morgan fingerprint density at radius 1 is 1.05 bits per heavy atom. The molecular weight excluding hydrogens is 515 g/mol. The maximum Gasteiger partial charge on any atom is 0.257 e. The molecule has 5 rings (SSSR count). The predicted octanol–water partition coefficient (Wildman–Crippen LogP) is 3.55. The number of fused-ring (bicyclic) bond motifs is 1. The van der Waals surface area contributed by atoms with Crippen LogP contribution in [0.4, 0.5) is 18.9 Å². The molecule has 37 heavy (non-hydrogen) atoms. The minimum absolute atomic E-state index is 0.181. The molecule has 2 atom stereocenters. The fraction of sp³-hybridized carbons (Fsp3) is 0.182. The maximum absolute atomic E-state index is 14.5. The van der Waals surface area contributed by atoms with Crippen molar-refractivity contribution in [2.45, 2.75) is 6.54 Å². The van der Waals surface area contributed by atoms with Gasteiger partial charge in [0.1, 0.15) is 18.6 Å². The van der Waals surface area contributed by atoms with E-state index in [2.05, 4.69) is 21.2 Å². The summed E-state index contributed by atoms with van der Waals surface area (Å²) in [5.74, 6) is -4.15. The second kappa shape index (κ2) is 9.11. The van der Waals surface area contributed by atoms with E-state index in [1.54, 1.807) is 54.5 Å². The van der Waals surface area contributed by atoms with Crippen LogP contribution in [0.15, 0.2) is 60.1 Å². The molecule has 0 spiro atoms. The average Bonchev–Trinajstić information content (AvgIpc) is 3.37. The third-order valence-corrected chi connectivity index (χ3v) is 5.99. The first kappa shape index (κ1) is 25.2. The molecule has 0 bridgehead atoms. The molecule has 11 nitrogen and oxygen atoms in total. The summed E-state index contributed by atoms with van der Waals surface area (Å²) in [5, 5.41) is 35.8. The number of aliphatic imine (C=N–C) groups is 1. The maximum atomic E-state index is 14.5. The molecular formula is C22H21ClF3N9O2. The summed E-state index contributed by atoms with van der Waals surface area (Å²) in [6.07, 6.45) is 7.31. The van der Waals surface area contributed by atoms with Crippen LogP contribution in [0.2, 0.25) is 5.02 Å². The number of hydroxylamine groups is 4. The molecule has 0 saturated heterocycles. The Morgan fingerprint density at radius 2 is 1.81 bits per heavy atom. The predicted molar refractivity (Wildman–Crippen MR) is 129 cm³/mol. The Labute approximate surface area is 213 Å². The van der Waals surface area contributed by atoms with Gasteiger partial charge in [0, 0.05) is 55.2 Å². The molecule has 0 radical (unpaired) electrons. The Morgan fingerprint density at radius 3 is 2.54 bits per heavy atom. The average molecular weight is 536 g/mol. The number of hydrogen-bond donors (Lipinski definition) is 2. The zero-order chi connectivity index (χ0) is 26.5. The van der Waals surface area contributed by atoms with E-state index in [1.165, 1.54) is 11.1 Å². The number of aromatic nitrogens is 2. The molecule has 0 amide bonds. The van der Waals surface area contributed by atoms with Crippen molar-refractivity contribution in [1.82, 2.24) is 30.9 Å². The van der Waals surface area contributed by atoms with Crippen molar-refractivity contribution in [3.63, 3.8) is 0 Å². The molecule has 0 saturated carbocycles. The zero-order valence-corrected chi connectivity index (χ0v) is 20.3. The first-order valence-electron chi connectivity index (χ1n) is 10.9. The molecule has 3 heterocycles. The van der Waals surface area contributed by atoms with Crippen LogP contribution in [0, 0.1) is 27.9 Å². The first-order chi connectivity index (χ1) is 17.4. The number of nitrogens with zero attached hydrogens (tertiary/aromatic N) is 7. The fourth-order valence-electron chi connectivity index (χ4n) is 4.02. The van der Waals surface area contributed by atoms with E-state index in [4.69, 9.17) is 11.6 Å².